The van der Waals surface area contributed by atoms with E-state index in [0.717, 1.165) is 12.0 Å². The summed E-state index contributed by atoms with van der Waals surface area (Å²) in [4.78, 5) is 11.0. The van der Waals surface area contributed by atoms with Gasteiger partial charge in [-0.2, -0.15) is 0 Å². The fourth-order valence-corrected chi connectivity index (χ4v) is 1.80. The summed E-state index contributed by atoms with van der Waals surface area (Å²) >= 11 is 0. The third-order valence-electron chi connectivity index (χ3n) is 3.30. The van der Waals surface area contributed by atoms with Gasteiger partial charge in [-0.15, -0.1) is 0 Å². The molecule has 1 unspecified atom stereocenters. The molecule has 0 bridgehead atoms. The van der Waals surface area contributed by atoms with Crippen LogP contribution in [0.25, 0.3) is 0 Å². The minimum absolute atomic E-state index is 0.271. The summed E-state index contributed by atoms with van der Waals surface area (Å²) in [5.41, 5.74) is 0.459. The van der Waals surface area contributed by atoms with Crippen LogP contribution < -0.4 is 5.32 Å². The summed E-state index contributed by atoms with van der Waals surface area (Å²) < 4.78 is 0. The van der Waals surface area contributed by atoms with Crippen LogP contribution in [0.4, 0.5) is 0 Å². The van der Waals surface area contributed by atoms with E-state index >= 15 is 0 Å². The fraction of sp³-hybridized carbons (Fsp3) is 0.533. The van der Waals surface area contributed by atoms with Gasteiger partial charge in [0.2, 0.25) is 0 Å². The summed E-state index contributed by atoms with van der Waals surface area (Å²) in [7, 11) is 0. The van der Waals surface area contributed by atoms with Crippen molar-refractivity contribution in [2.24, 2.45) is 5.41 Å². The molecule has 4 heteroatoms. The number of hydrogen-bond donors (Lipinski definition) is 3. The van der Waals surface area contributed by atoms with Crippen molar-refractivity contribution in [1.82, 2.24) is 5.32 Å². The first-order valence-electron chi connectivity index (χ1n) is 6.56. The number of phenols is 1. The molecule has 1 atom stereocenters. The van der Waals surface area contributed by atoms with Gasteiger partial charge in [0.05, 0.1) is 5.41 Å². The second-order valence-electron chi connectivity index (χ2n) is 5.66. The molecule has 0 spiro atoms. The Bertz CT molecular complexity index is 412. The number of carbonyl (C=O) groups is 1. The molecule has 0 radical (unpaired) electrons. The lowest BCUT2D eigenvalue weighted by Gasteiger charge is -2.21. The number of aliphatic carboxylic acids is 1. The minimum Gasteiger partial charge on any atom is -0.508 e. The van der Waals surface area contributed by atoms with E-state index in [-0.39, 0.29) is 11.8 Å². The normalized spacial score (nSPS) is 13.2. The van der Waals surface area contributed by atoms with E-state index in [1.165, 1.54) is 0 Å². The summed E-state index contributed by atoms with van der Waals surface area (Å²) in [6, 6.07) is 7.42. The second kappa shape index (κ2) is 6.57. The molecule has 3 N–H and O–H groups in total. The van der Waals surface area contributed by atoms with Gasteiger partial charge in [-0.25, -0.2) is 0 Å². The number of carboxylic acids is 1. The lowest BCUT2D eigenvalue weighted by molar-refractivity contribution is -0.147. The first-order valence-corrected chi connectivity index (χ1v) is 6.56. The van der Waals surface area contributed by atoms with Crippen molar-refractivity contribution in [3.63, 3.8) is 0 Å². The maximum absolute atomic E-state index is 11.0. The Morgan fingerprint density at radius 2 is 1.89 bits per heavy atom. The number of phenolic OH excluding ortho intramolecular Hbond substituents is 1. The zero-order valence-corrected chi connectivity index (χ0v) is 11.8. The van der Waals surface area contributed by atoms with Gasteiger partial charge in [-0.3, -0.25) is 4.79 Å². The van der Waals surface area contributed by atoms with Crippen LogP contribution in [-0.2, 0) is 11.2 Å². The summed E-state index contributed by atoms with van der Waals surface area (Å²) in [5.74, 6) is -0.493. The van der Waals surface area contributed by atoms with Gasteiger partial charge >= 0.3 is 5.97 Å². The van der Waals surface area contributed by atoms with E-state index in [9.17, 15) is 9.90 Å². The Labute approximate surface area is 114 Å². The van der Waals surface area contributed by atoms with Crippen molar-refractivity contribution < 1.29 is 15.0 Å². The highest BCUT2D eigenvalue weighted by atomic mass is 16.4. The van der Waals surface area contributed by atoms with Crippen molar-refractivity contribution in [3.05, 3.63) is 29.8 Å². The topological polar surface area (TPSA) is 69.6 Å². The Balaban J connectivity index is 2.34. The van der Waals surface area contributed by atoms with Gasteiger partial charge in [-0.05, 0) is 57.9 Å². The molecule has 0 aliphatic rings. The highest BCUT2D eigenvalue weighted by Crippen LogP contribution is 2.19. The molecule has 0 heterocycles. The van der Waals surface area contributed by atoms with Gasteiger partial charge in [0.15, 0.2) is 0 Å². The number of benzene rings is 1. The summed E-state index contributed by atoms with van der Waals surface area (Å²) in [6.07, 6.45) is 1.45. The Hall–Kier alpha value is -1.55. The van der Waals surface area contributed by atoms with Crippen LogP contribution in [0.5, 0.6) is 5.75 Å². The van der Waals surface area contributed by atoms with Gasteiger partial charge in [-0.1, -0.05) is 12.1 Å². The lowest BCUT2D eigenvalue weighted by Crippen LogP contribution is -2.34. The van der Waals surface area contributed by atoms with Gasteiger partial charge in [0.1, 0.15) is 5.75 Å². The van der Waals surface area contributed by atoms with Crippen molar-refractivity contribution in [2.75, 3.05) is 6.54 Å². The molecule has 1 aromatic carbocycles. The average molecular weight is 265 g/mol. The van der Waals surface area contributed by atoms with Crippen molar-refractivity contribution in [1.29, 1.82) is 0 Å². The zero-order chi connectivity index (χ0) is 14.5. The molecule has 1 rings (SSSR count). The molecular formula is C15H23NO3. The average Bonchev–Trinajstić information content (AvgIpc) is 2.31. The fourth-order valence-electron chi connectivity index (χ4n) is 1.80. The molecule has 0 fully saturated rings. The number of hydrogen-bond acceptors (Lipinski definition) is 3. The van der Waals surface area contributed by atoms with E-state index in [4.69, 9.17) is 5.11 Å². The second-order valence-corrected chi connectivity index (χ2v) is 5.66. The maximum Gasteiger partial charge on any atom is 0.309 e. The molecule has 106 valence electrons. The highest BCUT2D eigenvalue weighted by Gasteiger charge is 2.26. The Morgan fingerprint density at radius 1 is 1.32 bits per heavy atom. The monoisotopic (exact) mass is 265 g/mol. The van der Waals surface area contributed by atoms with E-state index in [2.05, 4.69) is 12.2 Å². The van der Waals surface area contributed by atoms with Crippen LogP contribution >= 0.6 is 0 Å². The van der Waals surface area contributed by atoms with Gasteiger partial charge < -0.3 is 15.5 Å². The largest absolute Gasteiger partial charge is 0.508 e. The molecule has 0 aliphatic carbocycles. The van der Waals surface area contributed by atoms with Crippen molar-refractivity contribution in [2.45, 2.75) is 39.7 Å². The molecule has 4 nitrogen and oxygen atoms in total. The van der Waals surface area contributed by atoms with E-state index in [1.807, 2.05) is 12.1 Å². The third kappa shape index (κ3) is 5.30. The standard InChI is InChI=1S/C15H23NO3/c1-11(10-12-4-6-13(17)7-5-12)16-9-8-15(2,3)14(18)19/h4-7,11,16-17H,8-10H2,1-3H3,(H,18,19). The minimum atomic E-state index is -0.763. The Morgan fingerprint density at radius 3 is 2.42 bits per heavy atom. The number of aromatic hydroxyl groups is 1. The van der Waals surface area contributed by atoms with Crippen molar-refractivity contribution in [3.8, 4) is 5.75 Å². The number of carboxylic acid groups (broad SMARTS) is 1. The molecule has 1 aromatic rings. The molecule has 19 heavy (non-hydrogen) atoms. The Kier molecular flexibility index (Phi) is 5.36. The van der Waals surface area contributed by atoms with Crippen LogP contribution in [0.3, 0.4) is 0 Å². The molecule has 0 saturated carbocycles. The van der Waals surface area contributed by atoms with Gasteiger partial charge in [0.25, 0.3) is 0 Å². The number of rotatable bonds is 7. The molecule has 0 aliphatic heterocycles. The van der Waals surface area contributed by atoms with Gasteiger partial charge in [0, 0.05) is 6.04 Å². The molecule has 0 amide bonds. The third-order valence-corrected chi connectivity index (χ3v) is 3.30. The molecule has 0 aromatic heterocycles. The van der Waals surface area contributed by atoms with Crippen molar-refractivity contribution >= 4 is 5.97 Å². The van der Waals surface area contributed by atoms with Crippen LogP contribution in [0, 0.1) is 5.41 Å². The van der Waals surface area contributed by atoms with E-state index in [1.54, 1.807) is 26.0 Å². The highest BCUT2D eigenvalue weighted by molar-refractivity contribution is 5.73. The maximum atomic E-state index is 11.0. The predicted octanol–water partition coefficient (Wildman–Crippen LogP) is 2.41. The van der Waals surface area contributed by atoms with Crippen LogP contribution in [0.1, 0.15) is 32.8 Å². The lowest BCUT2D eigenvalue weighted by atomic mass is 9.89. The predicted molar refractivity (Wildman–Crippen MR) is 75.3 cm³/mol. The van der Waals surface area contributed by atoms with Crippen LogP contribution in [-0.4, -0.2) is 28.8 Å². The van der Waals surface area contributed by atoms with Crippen LogP contribution in [0.15, 0.2) is 24.3 Å². The van der Waals surface area contributed by atoms with Crippen LogP contribution in [0.2, 0.25) is 0 Å². The smallest absolute Gasteiger partial charge is 0.309 e. The summed E-state index contributed by atoms with van der Waals surface area (Å²) in [6.45, 7) is 6.22. The molecular weight excluding hydrogens is 242 g/mol. The quantitative estimate of drug-likeness (QED) is 0.708. The first kappa shape index (κ1) is 15.5. The van der Waals surface area contributed by atoms with E-state index in [0.29, 0.717) is 13.0 Å². The summed E-state index contributed by atoms with van der Waals surface area (Å²) in [5, 5.41) is 21.5. The first-order chi connectivity index (χ1) is 8.81. The molecule has 0 saturated heterocycles. The zero-order valence-electron chi connectivity index (χ0n) is 11.8. The SMILES string of the molecule is CC(Cc1ccc(O)cc1)NCCC(C)(C)C(=O)O. The number of nitrogens with one attached hydrogen (secondary N) is 1. The van der Waals surface area contributed by atoms with E-state index < -0.39 is 11.4 Å².